The van der Waals surface area contributed by atoms with Crippen LogP contribution in [0.5, 0.6) is 0 Å². The summed E-state index contributed by atoms with van der Waals surface area (Å²) in [6, 6.07) is 10.5. The van der Waals surface area contributed by atoms with Gasteiger partial charge in [-0.05, 0) is 31.2 Å². The summed E-state index contributed by atoms with van der Waals surface area (Å²) in [5.74, 6) is 0.198. The zero-order valence-corrected chi connectivity index (χ0v) is 13.2. The molecule has 0 aromatic heterocycles. The summed E-state index contributed by atoms with van der Waals surface area (Å²) in [5, 5.41) is 0. The first-order chi connectivity index (χ1) is 10.8. The Labute approximate surface area is 133 Å². The molecule has 0 saturated carbocycles. The maximum Gasteiger partial charge on any atom is 0.253 e. The summed E-state index contributed by atoms with van der Waals surface area (Å²) in [6.45, 7) is 5.14. The minimum absolute atomic E-state index is 0.198. The molecule has 1 aromatic rings. The van der Waals surface area contributed by atoms with Crippen LogP contribution in [0.1, 0.15) is 24.8 Å². The monoisotopic (exact) mass is 302 g/mol. The van der Waals surface area contributed by atoms with Crippen molar-refractivity contribution in [3.05, 3.63) is 35.9 Å². The molecule has 2 saturated heterocycles. The van der Waals surface area contributed by atoms with Gasteiger partial charge in [-0.2, -0.15) is 0 Å². The number of nitrogens with zero attached hydrogens (tertiary/aromatic N) is 2. The first-order valence-electron chi connectivity index (χ1n) is 8.49. The fourth-order valence-corrected chi connectivity index (χ4v) is 3.30. The summed E-state index contributed by atoms with van der Waals surface area (Å²) in [6.07, 6.45) is 4.29. The van der Waals surface area contributed by atoms with Gasteiger partial charge in [0, 0.05) is 32.7 Å². The van der Waals surface area contributed by atoms with E-state index in [9.17, 15) is 4.79 Å². The van der Waals surface area contributed by atoms with Gasteiger partial charge >= 0.3 is 0 Å². The van der Waals surface area contributed by atoms with Gasteiger partial charge < -0.3 is 9.64 Å². The molecule has 120 valence electrons. The number of rotatable bonds is 4. The van der Waals surface area contributed by atoms with Gasteiger partial charge in [0.2, 0.25) is 0 Å². The lowest BCUT2D eigenvalue weighted by molar-refractivity contribution is -0.150. The largest absolute Gasteiger partial charge is 0.366 e. The molecular formula is C18H26N2O2. The van der Waals surface area contributed by atoms with E-state index >= 15 is 0 Å². The molecule has 0 spiro atoms. The van der Waals surface area contributed by atoms with Crippen molar-refractivity contribution in [3.63, 3.8) is 0 Å². The Balaban J connectivity index is 1.49. The number of benzene rings is 1. The maximum atomic E-state index is 12.5. The highest BCUT2D eigenvalue weighted by molar-refractivity contribution is 5.81. The van der Waals surface area contributed by atoms with Gasteiger partial charge in [-0.3, -0.25) is 9.69 Å². The zero-order valence-electron chi connectivity index (χ0n) is 13.2. The Morgan fingerprint density at radius 1 is 1.09 bits per heavy atom. The Bertz CT molecular complexity index is 471. The number of hydrogen-bond donors (Lipinski definition) is 0. The van der Waals surface area contributed by atoms with E-state index in [2.05, 4.69) is 29.2 Å². The lowest BCUT2D eigenvalue weighted by atomic mass is 10.1. The van der Waals surface area contributed by atoms with E-state index in [0.29, 0.717) is 6.61 Å². The molecule has 2 aliphatic rings. The van der Waals surface area contributed by atoms with Crippen molar-refractivity contribution in [1.29, 1.82) is 0 Å². The van der Waals surface area contributed by atoms with Crippen molar-refractivity contribution in [1.82, 2.24) is 9.80 Å². The van der Waals surface area contributed by atoms with Crippen LogP contribution in [0, 0.1) is 0 Å². The van der Waals surface area contributed by atoms with Crippen molar-refractivity contribution in [2.24, 2.45) is 0 Å². The smallest absolute Gasteiger partial charge is 0.253 e. The van der Waals surface area contributed by atoms with Crippen molar-refractivity contribution >= 4 is 5.91 Å². The number of likely N-dealkylation sites (tertiary alicyclic amines) is 1. The number of ether oxygens (including phenoxy) is 1. The molecule has 2 aliphatic heterocycles. The average molecular weight is 302 g/mol. The number of carbonyl (C=O) groups excluding carboxylic acids is 1. The summed E-state index contributed by atoms with van der Waals surface area (Å²) in [5.41, 5.74) is 1.35. The molecule has 0 aliphatic carbocycles. The van der Waals surface area contributed by atoms with Crippen molar-refractivity contribution < 1.29 is 9.53 Å². The predicted octanol–water partition coefficient (Wildman–Crippen LogP) is 1.94. The normalized spacial score (nSPS) is 23.5. The Morgan fingerprint density at radius 3 is 2.64 bits per heavy atom. The molecule has 2 fully saturated rings. The van der Waals surface area contributed by atoms with Gasteiger partial charge in [-0.15, -0.1) is 0 Å². The number of amides is 1. The van der Waals surface area contributed by atoms with E-state index in [-0.39, 0.29) is 12.0 Å². The van der Waals surface area contributed by atoms with Crippen LogP contribution in [0.3, 0.4) is 0 Å². The van der Waals surface area contributed by atoms with Crippen LogP contribution in [0.25, 0.3) is 0 Å². The number of carbonyl (C=O) groups is 1. The third-order valence-electron chi connectivity index (χ3n) is 4.65. The fourth-order valence-electron chi connectivity index (χ4n) is 3.30. The first kappa shape index (κ1) is 15.5. The number of piperidine rings is 1. The van der Waals surface area contributed by atoms with Crippen LogP contribution in [-0.2, 0) is 16.0 Å². The van der Waals surface area contributed by atoms with E-state index in [0.717, 1.165) is 52.0 Å². The molecule has 2 heterocycles. The van der Waals surface area contributed by atoms with Crippen molar-refractivity contribution in [3.8, 4) is 0 Å². The van der Waals surface area contributed by atoms with Gasteiger partial charge in [-0.25, -0.2) is 0 Å². The molecule has 0 N–H and O–H groups in total. The first-order valence-corrected chi connectivity index (χ1v) is 8.49. The third-order valence-corrected chi connectivity index (χ3v) is 4.65. The molecule has 1 unspecified atom stereocenters. The predicted molar refractivity (Wildman–Crippen MR) is 86.8 cm³/mol. The minimum atomic E-state index is -0.261. The topological polar surface area (TPSA) is 32.8 Å². The van der Waals surface area contributed by atoms with Gasteiger partial charge in [0.15, 0.2) is 0 Å². The molecule has 4 heteroatoms. The fraction of sp³-hybridized carbons (Fsp3) is 0.611. The Hall–Kier alpha value is -1.39. The van der Waals surface area contributed by atoms with Gasteiger partial charge in [0.25, 0.3) is 5.91 Å². The van der Waals surface area contributed by atoms with Gasteiger partial charge in [0.1, 0.15) is 6.10 Å². The second-order valence-corrected chi connectivity index (χ2v) is 6.28. The van der Waals surface area contributed by atoms with E-state index in [1.165, 1.54) is 12.0 Å². The number of morpholine rings is 1. The van der Waals surface area contributed by atoms with Crippen LogP contribution in [-0.4, -0.2) is 61.1 Å². The second-order valence-electron chi connectivity index (χ2n) is 6.28. The van der Waals surface area contributed by atoms with Crippen molar-refractivity contribution in [2.75, 3.05) is 39.3 Å². The van der Waals surface area contributed by atoms with Gasteiger partial charge in [0.05, 0.1) is 6.61 Å². The van der Waals surface area contributed by atoms with Crippen LogP contribution >= 0.6 is 0 Å². The maximum absolute atomic E-state index is 12.5. The lowest BCUT2D eigenvalue weighted by Crippen LogP contribution is -2.52. The third kappa shape index (κ3) is 4.08. The summed E-state index contributed by atoms with van der Waals surface area (Å²) >= 11 is 0. The Kier molecular flexibility index (Phi) is 5.46. The second kappa shape index (κ2) is 7.75. The Morgan fingerprint density at radius 2 is 1.86 bits per heavy atom. The van der Waals surface area contributed by atoms with E-state index in [1.807, 2.05) is 11.0 Å². The highest BCUT2D eigenvalue weighted by Gasteiger charge is 2.30. The quantitative estimate of drug-likeness (QED) is 0.852. The molecular weight excluding hydrogens is 276 g/mol. The molecule has 1 atom stereocenters. The number of hydrogen-bond acceptors (Lipinski definition) is 3. The molecule has 4 nitrogen and oxygen atoms in total. The lowest BCUT2D eigenvalue weighted by Gasteiger charge is -2.36. The highest BCUT2D eigenvalue weighted by atomic mass is 16.5. The summed E-state index contributed by atoms with van der Waals surface area (Å²) in [4.78, 5) is 16.9. The van der Waals surface area contributed by atoms with Crippen LogP contribution < -0.4 is 0 Å². The molecule has 0 bridgehead atoms. The SMILES string of the molecule is O=C(C1CN(CCc2ccccc2)CCO1)N1CCCCC1. The zero-order chi connectivity index (χ0) is 15.2. The van der Waals surface area contributed by atoms with Crippen molar-refractivity contribution in [2.45, 2.75) is 31.8 Å². The minimum Gasteiger partial charge on any atom is -0.366 e. The standard InChI is InChI=1S/C18H26N2O2/c21-18(20-10-5-2-6-11-20)17-15-19(13-14-22-17)12-9-16-7-3-1-4-8-16/h1,3-4,7-8,17H,2,5-6,9-15H2. The molecule has 1 aromatic carbocycles. The van der Waals surface area contributed by atoms with E-state index in [4.69, 9.17) is 4.74 Å². The van der Waals surface area contributed by atoms with Crippen LogP contribution in [0.15, 0.2) is 30.3 Å². The van der Waals surface area contributed by atoms with E-state index < -0.39 is 0 Å². The molecule has 1 amide bonds. The van der Waals surface area contributed by atoms with Crippen LogP contribution in [0.2, 0.25) is 0 Å². The molecule has 0 radical (unpaired) electrons. The average Bonchev–Trinajstić information content (AvgIpc) is 2.61. The molecule has 3 rings (SSSR count). The molecule has 22 heavy (non-hydrogen) atoms. The summed E-state index contributed by atoms with van der Waals surface area (Å²) in [7, 11) is 0. The summed E-state index contributed by atoms with van der Waals surface area (Å²) < 4.78 is 5.74. The van der Waals surface area contributed by atoms with Gasteiger partial charge in [-0.1, -0.05) is 30.3 Å². The van der Waals surface area contributed by atoms with E-state index in [1.54, 1.807) is 0 Å². The van der Waals surface area contributed by atoms with Crippen LogP contribution in [0.4, 0.5) is 0 Å². The highest BCUT2D eigenvalue weighted by Crippen LogP contribution is 2.14.